The summed E-state index contributed by atoms with van der Waals surface area (Å²) in [6.07, 6.45) is 5.67. The number of hydrogen-bond acceptors (Lipinski definition) is 5. The van der Waals surface area contributed by atoms with Gasteiger partial charge in [0.2, 0.25) is 0 Å². The summed E-state index contributed by atoms with van der Waals surface area (Å²) in [7, 11) is 0. The molecule has 34 heavy (non-hydrogen) atoms. The number of nitrogens with zero attached hydrogens (tertiary/aromatic N) is 4. The molecule has 1 aliphatic rings. The van der Waals surface area contributed by atoms with Crippen molar-refractivity contribution in [1.82, 2.24) is 24.7 Å². The zero-order valence-electron chi connectivity index (χ0n) is 18.2. The van der Waals surface area contributed by atoms with Crippen LogP contribution in [0.2, 0.25) is 5.02 Å². The Morgan fingerprint density at radius 2 is 2.06 bits per heavy atom. The van der Waals surface area contributed by atoms with Gasteiger partial charge in [0.05, 0.1) is 39.2 Å². The van der Waals surface area contributed by atoms with Crippen molar-refractivity contribution in [3.63, 3.8) is 0 Å². The third-order valence-corrected chi connectivity index (χ3v) is 6.36. The average molecular weight is 467 g/mol. The molecule has 0 fully saturated rings. The summed E-state index contributed by atoms with van der Waals surface area (Å²) in [6.45, 7) is 1.90. The number of Topliss-reactive ketones (excluding diaryl/α,β-unsaturated/α-hetero) is 1. The van der Waals surface area contributed by atoms with Crippen LogP contribution < -0.4 is 5.73 Å². The first kappa shape index (κ1) is 20.4. The van der Waals surface area contributed by atoms with Crippen LogP contribution in [0.25, 0.3) is 34.1 Å². The van der Waals surface area contributed by atoms with Crippen LogP contribution in [0.15, 0.2) is 66.5 Å². The molecule has 0 amide bonds. The Hall–Kier alpha value is -4.23. The first-order chi connectivity index (χ1) is 16.5. The largest absolute Gasteiger partial charge is 0.383 e. The molecule has 0 aliphatic heterocycles. The van der Waals surface area contributed by atoms with E-state index in [1.54, 1.807) is 16.9 Å². The zero-order valence-corrected chi connectivity index (χ0v) is 19.0. The summed E-state index contributed by atoms with van der Waals surface area (Å²) in [5, 5.41) is 4.98. The van der Waals surface area contributed by atoms with Crippen LogP contribution in [0.1, 0.15) is 27.3 Å². The van der Waals surface area contributed by atoms with Crippen molar-refractivity contribution in [2.75, 3.05) is 5.73 Å². The van der Waals surface area contributed by atoms with Gasteiger partial charge in [0.15, 0.2) is 5.78 Å². The molecule has 166 valence electrons. The van der Waals surface area contributed by atoms with Gasteiger partial charge in [-0.15, -0.1) is 0 Å². The number of ketones is 1. The molecule has 0 atom stereocenters. The number of hydrogen-bond donors (Lipinski definition) is 2. The van der Waals surface area contributed by atoms with Crippen LogP contribution >= 0.6 is 11.6 Å². The number of nitrogens with two attached hydrogens (primary N) is 1. The van der Waals surface area contributed by atoms with E-state index in [1.807, 2.05) is 55.5 Å². The number of rotatable bonds is 4. The summed E-state index contributed by atoms with van der Waals surface area (Å²) in [5.74, 6) is 1.01. The summed E-state index contributed by atoms with van der Waals surface area (Å²) in [5.41, 5.74) is 13.6. The van der Waals surface area contributed by atoms with E-state index in [0.717, 1.165) is 44.9 Å². The molecule has 3 aromatic heterocycles. The fraction of sp³-hybridized carbons (Fsp3) is 0.0769. The number of carbonyl (C=O) groups is 1. The Morgan fingerprint density at radius 3 is 2.91 bits per heavy atom. The number of aromatic amines is 1. The minimum Gasteiger partial charge on any atom is -0.383 e. The Balaban J connectivity index is 1.29. The number of carbonyl (C=O) groups excluding carboxylic acids is 1. The van der Waals surface area contributed by atoms with E-state index in [1.165, 1.54) is 6.20 Å². The number of allylic oxidation sites excluding steroid dienone is 1. The van der Waals surface area contributed by atoms with Crippen molar-refractivity contribution < 1.29 is 4.79 Å². The van der Waals surface area contributed by atoms with Crippen molar-refractivity contribution >= 4 is 40.3 Å². The lowest BCUT2D eigenvalue weighted by molar-refractivity contribution is 0.103. The third kappa shape index (κ3) is 3.29. The summed E-state index contributed by atoms with van der Waals surface area (Å²) in [4.78, 5) is 25.4. The van der Waals surface area contributed by atoms with Crippen LogP contribution in [0.4, 0.5) is 5.82 Å². The van der Waals surface area contributed by atoms with Gasteiger partial charge < -0.3 is 10.7 Å². The maximum absolute atomic E-state index is 13.4. The first-order valence-corrected chi connectivity index (χ1v) is 11.1. The molecule has 0 spiro atoms. The van der Waals surface area contributed by atoms with Crippen molar-refractivity contribution in [2.24, 2.45) is 0 Å². The van der Waals surface area contributed by atoms with Crippen LogP contribution in [-0.4, -0.2) is 30.5 Å². The normalized spacial score (nSPS) is 12.7. The zero-order chi connectivity index (χ0) is 23.4. The Morgan fingerprint density at radius 1 is 1.18 bits per heavy atom. The summed E-state index contributed by atoms with van der Waals surface area (Å²) < 4.78 is 1.58. The molecule has 3 N–H and O–H groups in total. The highest BCUT2D eigenvalue weighted by molar-refractivity contribution is 6.33. The van der Waals surface area contributed by atoms with Gasteiger partial charge in [-0.3, -0.25) is 9.78 Å². The van der Waals surface area contributed by atoms with Crippen molar-refractivity contribution in [2.45, 2.75) is 13.3 Å². The number of pyridine rings is 1. The molecule has 5 aromatic rings. The lowest BCUT2D eigenvalue weighted by Gasteiger charge is -2.07. The molecule has 0 unspecified atom stereocenters. The smallest absolute Gasteiger partial charge is 0.194 e. The van der Waals surface area contributed by atoms with E-state index in [0.29, 0.717) is 28.4 Å². The molecule has 1 aliphatic carbocycles. The summed E-state index contributed by atoms with van der Waals surface area (Å²) >= 11 is 6.31. The Bertz CT molecular complexity index is 1640. The number of aromatic nitrogens is 5. The quantitative estimate of drug-likeness (QED) is 0.355. The molecular formula is C26H19ClN6O. The maximum Gasteiger partial charge on any atom is 0.194 e. The molecule has 0 saturated carbocycles. The fourth-order valence-electron chi connectivity index (χ4n) is 4.40. The second-order valence-corrected chi connectivity index (χ2v) is 8.71. The van der Waals surface area contributed by atoms with Crippen molar-refractivity contribution in [3.8, 4) is 16.9 Å². The highest BCUT2D eigenvalue weighted by Crippen LogP contribution is 2.33. The number of imidazole rings is 1. The predicted molar refractivity (Wildman–Crippen MR) is 133 cm³/mol. The molecule has 0 saturated heterocycles. The van der Waals surface area contributed by atoms with E-state index in [4.69, 9.17) is 17.3 Å². The number of H-pyrrole nitrogens is 1. The van der Waals surface area contributed by atoms with Gasteiger partial charge in [0.25, 0.3) is 0 Å². The lowest BCUT2D eigenvalue weighted by Crippen LogP contribution is -2.08. The van der Waals surface area contributed by atoms with E-state index >= 15 is 0 Å². The number of anilines is 1. The van der Waals surface area contributed by atoms with Crippen molar-refractivity contribution in [1.29, 1.82) is 0 Å². The molecular weight excluding hydrogens is 448 g/mol. The molecule has 3 heterocycles. The summed E-state index contributed by atoms with van der Waals surface area (Å²) in [6, 6.07) is 15.3. The van der Waals surface area contributed by atoms with Crippen LogP contribution in [0.5, 0.6) is 0 Å². The molecule has 8 heteroatoms. The maximum atomic E-state index is 13.4. The predicted octanol–water partition coefficient (Wildman–Crippen LogP) is 5.18. The number of nitrogen functional groups attached to an aromatic ring is 1. The van der Waals surface area contributed by atoms with Gasteiger partial charge in [-0.05, 0) is 60.5 Å². The molecule has 0 bridgehead atoms. The third-order valence-electron chi connectivity index (χ3n) is 6.06. The lowest BCUT2D eigenvalue weighted by atomic mass is 10.0. The first-order valence-electron chi connectivity index (χ1n) is 10.8. The van der Waals surface area contributed by atoms with E-state index < -0.39 is 0 Å². The number of benzene rings is 2. The SMILES string of the molecule is Cc1nc2ccc(-n3ncc(C(=O)C4=Cc5ccc(-c6ncccc6Cl)cc5C4)c3N)cc2[nH]1. The second-order valence-electron chi connectivity index (χ2n) is 8.30. The minimum atomic E-state index is -0.129. The second kappa shape index (κ2) is 7.67. The monoisotopic (exact) mass is 466 g/mol. The number of aryl methyl sites for hydroxylation is 1. The molecule has 2 aromatic carbocycles. The minimum absolute atomic E-state index is 0.129. The van der Waals surface area contributed by atoms with Gasteiger partial charge >= 0.3 is 0 Å². The van der Waals surface area contributed by atoms with Gasteiger partial charge in [-0.25, -0.2) is 9.67 Å². The topological polar surface area (TPSA) is 102 Å². The highest BCUT2D eigenvalue weighted by atomic mass is 35.5. The van der Waals surface area contributed by atoms with Crippen LogP contribution in [0, 0.1) is 6.92 Å². The van der Waals surface area contributed by atoms with Gasteiger partial charge in [0, 0.05) is 23.8 Å². The molecule has 7 nitrogen and oxygen atoms in total. The molecule has 6 rings (SSSR count). The van der Waals surface area contributed by atoms with Crippen LogP contribution in [0.3, 0.4) is 0 Å². The number of fused-ring (bicyclic) bond motifs is 2. The Labute approximate surface area is 199 Å². The average Bonchev–Trinajstić information content (AvgIpc) is 3.53. The van der Waals surface area contributed by atoms with Crippen molar-refractivity contribution in [3.05, 3.63) is 94.0 Å². The van der Waals surface area contributed by atoms with E-state index in [2.05, 4.69) is 20.1 Å². The number of nitrogens with one attached hydrogen (secondary N) is 1. The fourth-order valence-corrected chi connectivity index (χ4v) is 4.63. The highest BCUT2D eigenvalue weighted by Gasteiger charge is 2.24. The van der Waals surface area contributed by atoms with E-state index in [-0.39, 0.29) is 5.78 Å². The number of halogens is 1. The Kier molecular flexibility index (Phi) is 4.60. The van der Waals surface area contributed by atoms with E-state index in [9.17, 15) is 4.79 Å². The van der Waals surface area contributed by atoms with Gasteiger partial charge in [-0.2, -0.15) is 5.10 Å². The molecule has 0 radical (unpaired) electrons. The standard InChI is InChI=1S/C26H19ClN6O/c1-14-31-22-7-6-19(12-23(22)32-14)33-26(28)20(13-30-33)25(34)18-9-15-4-5-16(10-17(15)11-18)24-21(27)3-2-8-29-24/h2-10,12-13H,11,28H2,1H3,(H,31,32). The van der Waals surface area contributed by atoms with Gasteiger partial charge in [-0.1, -0.05) is 23.7 Å². The van der Waals surface area contributed by atoms with Crippen LogP contribution in [-0.2, 0) is 6.42 Å². The van der Waals surface area contributed by atoms with Gasteiger partial charge in [0.1, 0.15) is 11.6 Å².